The molecule has 1 amide bonds. The lowest BCUT2D eigenvalue weighted by Crippen LogP contribution is -2.08. The van der Waals surface area contributed by atoms with Crippen molar-refractivity contribution < 1.29 is 4.79 Å². The van der Waals surface area contributed by atoms with E-state index in [1.54, 1.807) is 18.2 Å². The number of aromatic nitrogens is 4. The molecule has 3 aromatic rings. The van der Waals surface area contributed by atoms with Gasteiger partial charge in [-0.15, -0.1) is 5.10 Å². The Hall–Kier alpha value is -2.99. The standard InChI is InChI=1S/C19H16ClN5O/c20-15-7-4-13(5-8-15)6-11-18(26)21-16-3-1-2-14(12-16)19-22-23-24-25(19)17-9-10-17/h1-8,11-12,17H,9-10H2,(H,21,26)/b11-6+. The number of carbonyl (C=O) groups is 1. The fourth-order valence-corrected chi connectivity index (χ4v) is 2.74. The molecule has 130 valence electrons. The van der Waals surface area contributed by atoms with Gasteiger partial charge >= 0.3 is 0 Å². The van der Waals surface area contributed by atoms with Gasteiger partial charge in [0, 0.05) is 22.3 Å². The van der Waals surface area contributed by atoms with E-state index in [2.05, 4.69) is 20.8 Å². The smallest absolute Gasteiger partial charge is 0.248 e. The van der Waals surface area contributed by atoms with Crippen molar-refractivity contribution in [3.8, 4) is 11.4 Å². The molecule has 0 bridgehead atoms. The largest absolute Gasteiger partial charge is 0.322 e. The van der Waals surface area contributed by atoms with Gasteiger partial charge in [-0.05, 0) is 59.2 Å². The molecule has 1 aliphatic rings. The van der Waals surface area contributed by atoms with Crippen LogP contribution in [0.15, 0.2) is 54.6 Å². The predicted molar refractivity (Wildman–Crippen MR) is 101 cm³/mol. The Balaban J connectivity index is 1.47. The Bertz CT molecular complexity index is 960. The molecule has 1 aromatic heterocycles. The molecule has 0 radical (unpaired) electrons. The molecule has 1 saturated carbocycles. The first-order valence-corrected chi connectivity index (χ1v) is 8.70. The first-order valence-electron chi connectivity index (χ1n) is 8.32. The van der Waals surface area contributed by atoms with Crippen molar-refractivity contribution in [1.29, 1.82) is 0 Å². The lowest BCUT2D eigenvalue weighted by molar-refractivity contribution is -0.111. The summed E-state index contributed by atoms with van der Waals surface area (Å²) in [7, 11) is 0. The Morgan fingerprint density at radius 3 is 2.77 bits per heavy atom. The number of tetrazole rings is 1. The summed E-state index contributed by atoms with van der Waals surface area (Å²) in [5.74, 6) is 0.513. The molecular formula is C19H16ClN5O. The topological polar surface area (TPSA) is 72.7 Å². The molecular weight excluding hydrogens is 350 g/mol. The fraction of sp³-hybridized carbons (Fsp3) is 0.158. The highest BCUT2D eigenvalue weighted by atomic mass is 35.5. The second-order valence-corrected chi connectivity index (χ2v) is 6.57. The molecule has 0 unspecified atom stereocenters. The molecule has 1 heterocycles. The summed E-state index contributed by atoms with van der Waals surface area (Å²) in [6, 6.07) is 15.2. The third kappa shape index (κ3) is 3.81. The number of benzene rings is 2. The molecule has 1 N–H and O–H groups in total. The van der Waals surface area contributed by atoms with E-state index in [9.17, 15) is 4.79 Å². The monoisotopic (exact) mass is 365 g/mol. The zero-order valence-electron chi connectivity index (χ0n) is 13.8. The van der Waals surface area contributed by atoms with Crippen molar-refractivity contribution >= 4 is 29.3 Å². The molecule has 6 nitrogen and oxygen atoms in total. The zero-order chi connectivity index (χ0) is 17.9. The van der Waals surface area contributed by atoms with Crippen LogP contribution in [-0.2, 0) is 4.79 Å². The predicted octanol–water partition coefficient (Wildman–Crippen LogP) is 3.98. The first-order chi connectivity index (χ1) is 12.7. The van der Waals surface area contributed by atoms with Crippen molar-refractivity contribution in [1.82, 2.24) is 20.2 Å². The van der Waals surface area contributed by atoms with E-state index in [0.717, 1.165) is 29.8 Å². The summed E-state index contributed by atoms with van der Waals surface area (Å²) in [6.45, 7) is 0. The van der Waals surface area contributed by atoms with Gasteiger partial charge in [0.25, 0.3) is 0 Å². The quantitative estimate of drug-likeness (QED) is 0.694. The van der Waals surface area contributed by atoms with Crippen molar-refractivity contribution in [3.63, 3.8) is 0 Å². The van der Waals surface area contributed by atoms with Crippen molar-refractivity contribution in [3.05, 3.63) is 65.2 Å². The van der Waals surface area contributed by atoms with Gasteiger partial charge in [-0.2, -0.15) is 0 Å². The van der Waals surface area contributed by atoms with Crippen molar-refractivity contribution in [2.75, 3.05) is 5.32 Å². The van der Waals surface area contributed by atoms with E-state index < -0.39 is 0 Å². The van der Waals surface area contributed by atoms with Gasteiger partial charge in [-0.25, -0.2) is 4.68 Å². The van der Waals surface area contributed by atoms with E-state index in [1.165, 1.54) is 6.08 Å². The normalized spacial score (nSPS) is 13.9. The number of hydrogen-bond acceptors (Lipinski definition) is 4. The minimum absolute atomic E-state index is 0.209. The number of hydrogen-bond donors (Lipinski definition) is 1. The SMILES string of the molecule is O=C(/C=C/c1ccc(Cl)cc1)Nc1cccc(-c2nnnn2C2CC2)c1. The van der Waals surface area contributed by atoms with E-state index in [4.69, 9.17) is 11.6 Å². The van der Waals surface area contributed by atoms with Gasteiger partial charge in [-0.1, -0.05) is 35.9 Å². The van der Waals surface area contributed by atoms with Crippen molar-refractivity contribution in [2.45, 2.75) is 18.9 Å². The van der Waals surface area contributed by atoms with Crippen LogP contribution in [0.1, 0.15) is 24.4 Å². The Kier molecular flexibility index (Phi) is 4.50. The van der Waals surface area contributed by atoms with Gasteiger partial charge in [0.15, 0.2) is 5.82 Å². The Labute approximate surface area is 155 Å². The molecule has 7 heteroatoms. The summed E-state index contributed by atoms with van der Waals surface area (Å²) in [5.41, 5.74) is 2.47. The summed E-state index contributed by atoms with van der Waals surface area (Å²) in [5, 5.41) is 15.5. The Morgan fingerprint density at radius 1 is 1.19 bits per heavy atom. The van der Waals surface area contributed by atoms with E-state index in [0.29, 0.717) is 16.8 Å². The number of carbonyl (C=O) groups excluding carboxylic acids is 1. The summed E-state index contributed by atoms with van der Waals surface area (Å²) >= 11 is 5.85. The number of amides is 1. The highest BCUT2D eigenvalue weighted by Crippen LogP contribution is 2.36. The third-order valence-electron chi connectivity index (χ3n) is 4.07. The van der Waals surface area contributed by atoms with Gasteiger partial charge < -0.3 is 5.32 Å². The van der Waals surface area contributed by atoms with Gasteiger partial charge in [-0.3, -0.25) is 4.79 Å². The van der Waals surface area contributed by atoms with Crippen LogP contribution in [0.5, 0.6) is 0 Å². The second kappa shape index (κ2) is 7.09. The van der Waals surface area contributed by atoms with Gasteiger partial charge in [0.05, 0.1) is 6.04 Å². The zero-order valence-corrected chi connectivity index (χ0v) is 14.6. The van der Waals surface area contributed by atoms with Gasteiger partial charge in [0.1, 0.15) is 0 Å². The first kappa shape index (κ1) is 16.5. The average molecular weight is 366 g/mol. The van der Waals surface area contributed by atoms with Crippen LogP contribution in [-0.4, -0.2) is 26.1 Å². The molecule has 26 heavy (non-hydrogen) atoms. The number of halogens is 1. The molecule has 0 saturated heterocycles. The van der Waals surface area contributed by atoms with E-state index in [-0.39, 0.29) is 5.91 Å². The van der Waals surface area contributed by atoms with Crippen LogP contribution in [0.2, 0.25) is 5.02 Å². The van der Waals surface area contributed by atoms with Crippen LogP contribution >= 0.6 is 11.6 Å². The lowest BCUT2D eigenvalue weighted by Gasteiger charge is -2.06. The minimum atomic E-state index is -0.209. The molecule has 0 atom stereocenters. The van der Waals surface area contributed by atoms with Crippen LogP contribution < -0.4 is 5.32 Å². The Morgan fingerprint density at radius 2 is 2.00 bits per heavy atom. The summed E-state index contributed by atoms with van der Waals surface area (Å²) in [4.78, 5) is 12.2. The maximum atomic E-state index is 12.2. The third-order valence-corrected chi connectivity index (χ3v) is 4.32. The average Bonchev–Trinajstić information content (AvgIpc) is 3.38. The maximum Gasteiger partial charge on any atom is 0.248 e. The molecule has 2 aromatic carbocycles. The highest BCUT2D eigenvalue weighted by Gasteiger charge is 2.28. The summed E-state index contributed by atoms with van der Waals surface area (Å²) < 4.78 is 1.85. The molecule has 0 aliphatic heterocycles. The molecule has 4 rings (SSSR count). The summed E-state index contributed by atoms with van der Waals surface area (Å²) in [6.07, 6.45) is 5.43. The van der Waals surface area contributed by atoms with Crippen LogP contribution in [0.3, 0.4) is 0 Å². The fourth-order valence-electron chi connectivity index (χ4n) is 2.61. The van der Waals surface area contributed by atoms with Crippen LogP contribution in [0.4, 0.5) is 5.69 Å². The lowest BCUT2D eigenvalue weighted by atomic mass is 10.2. The minimum Gasteiger partial charge on any atom is -0.322 e. The van der Waals surface area contributed by atoms with Crippen molar-refractivity contribution in [2.24, 2.45) is 0 Å². The number of nitrogens with zero attached hydrogens (tertiary/aromatic N) is 4. The molecule has 1 aliphatic carbocycles. The number of anilines is 1. The molecule has 0 spiro atoms. The van der Waals surface area contributed by atoms with E-state index in [1.807, 2.05) is 41.1 Å². The highest BCUT2D eigenvalue weighted by molar-refractivity contribution is 6.30. The van der Waals surface area contributed by atoms with E-state index >= 15 is 0 Å². The van der Waals surface area contributed by atoms with Crippen LogP contribution in [0.25, 0.3) is 17.5 Å². The second-order valence-electron chi connectivity index (χ2n) is 6.13. The maximum absolute atomic E-state index is 12.2. The van der Waals surface area contributed by atoms with Crippen LogP contribution in [0, 0.1) is 0 Å². The van der Waals surface area contributed by atoms with Gasteiger partial charge in [0.2, 0.25) is 5.91 Å². The number of nitrogens with one attached hydrogen (secondary N) is 1. The number of rotatable bonds is 5. The molecule has 1 fully saturated rings.